The van der Waals surface area contributed by atoms with E-state index < -0.39 is 23.8 Å². The number of ether oxygens (including phenoxy) is 2. The number of aromatic nitrogens is 4. The molecule has 1 aliphatic rings. The Labute approximate surface area is 189 Å². The number of nitrogens with one attached hydrogen (secondary N) is 1. The van der Waals surface area contributed by atoms with Gasteiger partial charge in [0.25, 0.3) is 0 Å². The molecule has 3 heterocycles. The van der Waals surface area contributed by atoms with E-state index >= 15 is 0 Å². The number of imidazole rings is 1. The van der Waals surface area contributed by atoms with Crippen LogP contribution in [0.3, 0.4) is 0 Å². The second-order valence-corrected chi connectivity index (χ2v) is 9.66. The number of rotatable bonds is 4. The molecule has 1 saturated heterocycles. The molecule has 0 bridgehead atoms. The van der Waals surface area contributed by atoms with Crippen molar-refractivity contribution < 1.29 is 19.1 Å². The lowest BCUT2D eigenvalue weighted by Gasteiger charge is -2.38. The average molecular weight is 497 g/mol. The molecule has 1 aliphatic heterocycles. The smallest absolute Gasteiger partial charge is 0.410 e. The standard InChI is InChI=1S/C20H29BrN6O4/c1-11(2)17-24-16(21)14-9-22-18(25-27(14)17)23-13-7-8-26(10-15(13)30-12(3)28)19(29)31-20(4,5)6/h9,11,13,15H,7-8,10H2,1-6H3,(H,23,25)/t13-,15-/m1/s1. The number of fused-ring (bicyclic) bond motifs is 1. The number of esters is 1. The molecular weight excluding hydrogens is 468 g/mol. The molecule has 1 N–H and O–H groups in total. The molecule has 0 unspecified atom stereocenters. The number of amides is 1. The summed E-state index contributed by atoms with van der Waals surface area (Å²) in [6.07, 6.45) is 1.25. The van der Waals surface area contributed by atoms with Gasteiger partial charge in [0.05, 0.1) is 18.8 Å². The molecule has 170 valence electrons. The first-order valence-electron chi connectivity index (χ1n) is 10.3. The van der Waals surface area contributed by atoms with Crippen molar-refractivity contribution in [2.75, 3.05) is 18.4 Å². The maximum absolute atomic E-state index is 12.5. The van der Waals surface area contributed by atoms with Crippen LogP contribution in [-0.4, -0.2) is 67.4 Å². The zero-order chi connectivity index (χ0) is 22.9. The van der Waals surface area contributed by atoms with E-state index in [0.717, 1.165) is 11.3 Å². The van der Waals surface area contributed by atoms with Crippen molar-refractivity contribution in [3.63, 3.8) is 0 Å². The molecule has 2 aromatic heterocycles. The topological polar surface area (TPSA) is 111 Å². The monoisotopic (exact) mass is 496 g/mol. The molecule has 11 heteroatoms. The molecular formula is C20H29BrN6O4. The molecule has 0 aliphatic carbocycles. The molecule has 0 spiro atoms. The number of halogens is 1. The van der Waals surface area contributed by atoms with Gasteiger partial charge in [-0.25, -0.2) is 19.3 Å². The first-order valence-corrected chi connectivity index (χ1v) is 11.1. The second kappa shape index (κ2) is 8.97. The van der Waals surface area contributed by atoms with Gasteiger partial charge in [0, 0.05) is 19.4 Å². The molecule has 31 heavy (non-hydrogen) atoms. The number of carbonyl (C=O) groups excluding carboxylic acids is 2. The fourth-order valence-corrected chi connectivity index (χ4v) is 3.84. The minimum Gasteiger partial charge on any atom is -0.458 e. The van der Waals surface area contributed by atoms with Crippen LogP contribution in [0.5, 0.6) is 0 Å². The Morgan fingerprint density at radius 3 is 2.65 bits per heavy atom. The molecule has 2 aromatic rings. The van der Waals surface area contributed by atoms with Gasteiger partial charge in [0.1, 0.15) is 27.6 Å². The Morgan fingerprint density at radius 1 is 1.32 bits per heavy atom. The van der Waals surface area contributed by atoms with Crippen LogP contribution in [0.25, 0.3) is 5.52 Å². The summed E-state index contributed by atoms with van der Waals surface area (Å²) in [6.45, 7) is 11.6. The van der Waals surface area contributed by atoms with Crippen LogP contribution in [0.4, 0.5) is 10.7 Å². The predicted molar refractivity (Wildman–Crippen MR) is 118 cm³/mol. The van der Waals surface area contributed by atoms with Crippen LogP contribution in [-0.2, 0) is 14.3 Å². The Balaban J connectivity index is 1.79. The van der Waals surface area contributed by atoms with Crippen LogP contribution in [0.15, 0.2) is 10.8 Å². The lowest BCUT2D eigenvalue weighted by Crippen LogP contribution is -2.54. The van der Waals surface area contributed by atoms with Gasteiger partial charge in [0.15, 0.2) is 0 Å². The van der Waals surface area contributed by atoms with E-state index in [-0.39, 0.29) is 18.5 Å². The van der Waals surface area contributed by atoms with E-state index in [1.165, 1.54) is 6.92 Å². The number of carbonyl (C=O) groups is 2. The van der Waals surface area contributed by atoms with Crippen molar-refractivity contribution in [3.05, 3.63) is 16.6 Å². The van der Waals surface area contributed by atoms with Gasteiger partial charge < -0.3 is 19.7 Å². The van der Waals surface area contributed by atoms with Crippen LogP contribution in [0, 0.1) is 0 Å². The molecule has 0 radical (unpaired) electrons. The highest BCUT2D eigenvalue weighted by atomic mass is 79.9. The lowest BCUT2D eigenvalue weighted by atomic mass is 10.0. The van der Waals surface area contributed by atoms with Crippen molar-refractivity contribution in [2.24, 2.45) is 0 Å². The average Bonchev–Trinajstić information content (AvgIpc) is 2.98. The summed E-state index contributed by atoms with van der Waals surface area (Å²) in [5.41, 5.74) is 0.171. The van der Waals surface area contributed by atoms with Gasteiger partial charge in [-0.15, -0.1) is 5.10 Å². The van der Waals surface area contributed by atoms with Crippen LogP contribution in [0.1, 0.15) is 59.7 Å². The largest absolute Gasteiger partial charge is 0.458 e. The molecule has 3 rings (SSSR count). The van der Waals surface area contributed by atoms with Crippen LogP contribution >= 0.6 is 15.9 Å². The SMILES string of the molecule is CC(=O)O[C@@H]1CN(C(=O)OC(C)(C)C)CC[C@H]1Nc1ncc2c(Br)nc(C(C)C)n2n1. The summed E-state index contributed by atoms with van der Waals surface area (Å²) >= 11 is 3.45. The maximum Gasteiger partial charge on any atom is 0.410 e. The predicted octanol–water partition coefficient (Wildman–Crippen LogP) is 3.36. The third-order valence-electron chi connectivity index (χ3n) is 4.73. The quantitative estimate of drug-likeness (QED) is 0.641. The van der Waals surface area contributed by atoms with Crippen LogP contribution < -0.4 is 5.32 Å². The minimum atomic E-state index is -0.598. The highest BCUT2D eigenvalue weighted by molar-refractivity contribution is 9.10. The Morgan fingerprint density at radius 2 is 2.03 bits per heavy atom. The van der Waals surface area contributed by atoms with E-state index in [4.69, 9.17) is 9.47 Å². The molecule has 1 amide bonds. The summed E-state index contributed by atoms with van der Waals surface area (Å²) < 4.78 is 13.4. The fourth-order valence-electron chi connectivity index (χ4n) is 3.38. The first-order chi connectivity index (χ1) is 14.4. The lowest BCUT2D eigenvalue weighted by molar-refractivity contribution is -0.149. The normalized spacial score (nSPS) is 19.5. The summed E-state index contributed by atoms with van der Waals surface area (Å²) in [4.78, 5) is 34.6. The van der Waals surface area contributed by atoms with Gasteiger partial charge >= 0.3 is 12.1 Å². The Bertz CT molecular complexity index is 970. The van der Waals surface area contributed by atoms with Gasteiger partial charge in [-0.1, -0.05) is 13.8 Å². The van der Waals surface area contributed by atoms with E-state index in [0.29, 0.717) is 23.5 Å². The second-order valence-electron chi connectivity index (χ2n) is 8.91. The highest BCUT2D eigenvalue weighted by Gasteiger charge is 2.36. The molecule has 1 fully saturated rings. The van der Waals surface area contributed by atoms with E-state index in [2.05, 4.69) is 36.3 Å². The number of hydrogen-bond acceptors (Lipinski definition) is 8. The van der Waals surface area contributed by atoms with Crippen molar-refractivity contribution in [2.45, 2.75) is 71.6 Å². The van der Waals surface area contributed by atoms with Gasteiger partial charge in [-0.05, 0) is 43.1 Å². The maximum atomic E-state index is 12.5. The molecule has 10 nitrogen and oxygen atoms in total. The van der Waals surface area contributed by atoms with Gasteiger partial charge in [-0.3, -0.25) is 4.79 Å². The number of anilines is 1. The number of nitrogens with zero attached hydrogens (tertiary/aromatic N) is 5. The molecule has 0 aromatic carbocycles. The fraction of sp³-hybridized carbons (Fsp3) is 0.650. The summed E-state index contributed by atoms with van der Waals surface area (Å²) in [5, 5.41) is 7.85. The zero-order valence-corrected chi connectivity index (χ0v) is 20.3. The summed E-state index contributed by atoms with van der Waals surface area (Å²) in [5.74, 6) is 0.961. The highest BCUT2D eigenvalue weighted by Crippen LogP contribution is 2.24. The van der Waals surface area contributed by atoms with Crippen molar-refractivity contribution >= 4 is 39.5 Å². The minimum absolute atomic E-state index is 0.174. The third-order valence-corrected chi connectivity index (χ3v) is 5.32. The van der Waals surface area contributed by atoms with Crippen molar-refractivity contribution in [3.8, 4) is 0 Å². The zero-order valence-electron chi connectivity index (χ0n) is 18.7. The van der Waals surface area contributed by atoms with Crippen LogP contribution in [0.2, 0.25) is 0 Å². The summed E-state index contributed by atoms with van der Waals surface area (Å²) in [7, 11) is 0. The summed E-state index contributed by atoms with van der Waals surface area (Å²) in [6, 6.07) is -0.255. The Hall–Kier alpha value is -2.43. The number of piperidine rings is 1. The van der Waals surface area contributed by atoms with E-state index in [1.54, 1.807) is 15.6 Å². The van der Waals surface area contributed by atoms with E-state index in [9.17, 15) is 9.59 Å². The van der Waals surface area contributed by atoms with Gasteiger partial charge in [-0.2, -0.15) is 0 Å². The first kappa shape index (κ1) is 23.2. The van der Waals surface area contributed by atoms with Crippen molar-refractivity contribution in [1.82, 2.24) is 24.5 Å². The molecule has 0 saturated carbocycles. The number of likely N-dealkylation sites (tertiary alicyclic amines) is 1. The molecule has 2 atom stereocenters. The number of hydrogen-bond donors (Lipinski definition) is 1. The third kappa shape index (κ3) is 5.63. The van der Waals surface area contributed by atoms with E-state index in [1.807, 2.05) is 34.6 Å². The van der Waals surface area contributed by atoms with Gasteiger partial charge in [0.2, 0.25) is 5.95 Å². The Kier molecular flexibility index (Phi) is 6.73. The van der Waals surface area contributed by atoms with Crippen molar-refractivity contribution in [1.29, 1.82) is 0 Å².